The molecule has 7 nitrogen and oxygen atoms in total. The van der Waals surface area contributed by atoms with Crippen LogP contribution in [-0.2, 0) is 4.79 Å². The van der Waals surface area contributed by atoms with Crippen molar-refractivity contribution in [2.24, 2.45) is 0 Å². The summed E-state index contributed by atoms with van der Waals surface area (Å²) >= 11 is 1.16. The van der Waals surface area contributed by atoms with Crippen molar-refractivity contribution in [3.8, 4) is 17.5 Å². The summed E-state index contributed by atoms with van der Waals surface area (Å²) in [4.78, 5) is 12.3. The molecule has 0 saturated carbocycles. The molecule has 0 saturated heterocycles. The first-order chi connectivity index (χ1) is 12.1. The van der Waals surface area contributed by atoms with Gasteiger partial charge in [0, 0.05) is 5.69 Å². The number of aryl methyl sites for hydroxylation is 1. The Morgan fingerprint density at radius 1 is 1.36 bits per heavy atom. The van der Waals surface area contributed by atoms with E-state index in [9.17, 15) is 4.79 Å². The minimum atomic E-state index is -0.454. The third kappa shape index (κ3) is 3.89. The summed E-state index contributed by atoms with van der Waals surface area (Å²) in [5.74, 6) is 0.811. The highest BCUT2D eigenvalue weighted by atomic mass is 32.2. The lowest BCUT2D eigenvalue weighted by Gasteiger charge is -2.09. The van der Waals surface area contributed by atoms with Gasteiger partial charge in [0.25, 0.3) is 11.1 Å². The predicted molar refractivity (Wildman–Crippen MR) is 91.8 cm³/mol. The van der Waals surface area contributed by atoms with Crippen LogP contribution in [0, 0.1) is 18.3 Å². The highest BCUT2D eigenvalue weighted by Gasteiger charge is 2.20. The largest absolute Gasteiger partial charge is 0.469 e. The molecule has 0 aliphatic carbocycles. The van der Waals surface area contributed by atoms with Crippen LogP contribution in [-0.4, -0.2) is 21.4 Å². The second-order valence-corrected chi connectivity index (χ2v) is 6.50. The van der Waals surface area contributed by atoms with Crippen molar-refractivity contribution in [1.29, 1.82) is 5.26 Å². The molecule has 25 heavy (non-hydrogen) atoms. The second kappa shape index (κ2) is 7.23. The summed E-state index contributed by atoms with van der Waals surface area (Å²) in [6.07, 6.45) is 1.55. The van der Waals surface area contributed by atoms with E-state index in [1.54, 1.807) is 50.4 Å². The third-order valence-corrected chi connectivity index (χ3v) is 4.34. The number of benzene rings is 1. The number of rotatable bonds is 5. The Kier molecular flexibility index (Phi) is 4.86. The van der Waals surface area contributed by atoms with Gasteiger partial charge in [-0.05, 0) is 38.1 Å². The van der Waals surface area contributed by atoms with Crippen molar-refractivity contribution in [1.82, 2.24) is 10.2 Å². The van der Waals surface area contributed by atoms with Crippen LogP contribution in [0.4, 0.5) is 5.69 Å². The van der Waals surface area contributed by atoms with Crippen molar-refractivity contribution in [3.05, 3.63) is 47.9 Å². The highest BCUT2D eigenvalue weighted by Crippen LogP contribution is 2.28. The lowest BCUT2D eigenvalue weighted by Crippen LogP contribution is -2.22. The Labute approximate surface area is 148 Å². The molecule has 1 N–H and O–H groups in total. The monoisotopic (exact) mass is 354 g/mol. The molecule has 1 aromatic carbocycles. The quantitative estimate of drug-likeness (QED) is 0.697. The zero-order valence-corrected chi connectivity index (χ0v) is 14.3. The maximum absolute atomic E-state index is 12.3. The number of nitrogens with zero attached hydrogens (tertiary/aromatic N) is 3. The predicted octanol–water partition coefficient (Wildman–Crippen LogP) is 3.63. The van der Waals surface area contributed by atoms with Gasteiger partial charge in [0.1, 0.15) is 5.76 Å². The number of thioether (sulfide) groups is 1. The molecular formula is C17H14N4O3S. The summed E-state index contributed by atoms with van der Waals surface area (Å²) in [5, 5.41) is 19.4. The average molecular weight is 354 g/mol. The van der Waals surface area contributed by atoms with E-state index in [-0.39, 0.29) is 5.91 Å². The third-order valence-electron chi connectivity index (χ3n) is 3.40. The molecule has 0 spiro atoms. The average Bonchev–Trinajstić information content (AvgIpc) is 3.23. The van der Waals surface area contributed by atoms with Gasteiger partial charge in [0.15, 0.2) is 0 Å². The smallest absolute Gasteiger partial charge is 0.277 e. The van der Waals surface area contributed by atoms with Crippen LogP contribution >= 0.6 is 11.8 Å². The van der Waals surface area contributed by atoms with Crippen LogP contribution in [0.1, 0.15) is 18.2 Å². The van der Waals surface area contributed by atoms with E-state index >= 15 is 0 Å². The number of amides is 1. The van der Waals surface area contributed by atoms with Gasteiger partial charge in [-0.1, -0.05) is 17.8 Å². The molecule has 126 valence electrons. The SMILES string of the molecule is Cc1occc1-c1nnc(SC(C)C(=O)Nc2cccc(C#N)c2)o1. The van der Waals surface area contributed by atoms with Gasteiger partial charge in [0.2, 0.25) is 5.91 Å². The van der Waals surface area contributed by atoms with Crippen LogP contribution in [0.5, 0.6) is 0 Å². The molecule has 8 heteroatoms. The molecule has 1 amide bonds. The summed E-state index contributed by atoms with van der Waals surface area (Å²) in [5.41, 5.74) is 1.77. The molecule has 0 radical (unpaired) electrons. The van der Waals surface area contributed by atoms with Crippen molar-refractivity contribution < 1.29 is 13.6 Å². The lowest BCUT2D eigenvalue weighted by atomic mass is 10.2. The Morgan fingerprint density at radius 2 is 2.20 bits per heavy atom. The van der Waals surface area contributed by atoms with E-state index < -0.39 is 5.25 Å². The molecule has 1 unspecified atom stereocenters. The van der Waals surface area contributed by atoms with E-state index in [1.165, 1.54) is 0 Å². The van der Waals surface area contributed by atoms with E-state index in [4.69, 9.17) is 14.1 Å². The fourth-order valence-electron chi connectivity index (χ4n) is 2.09. The maximum atomic E-state index is 12.3. The van der Waals surface area contributed by atoms with Gasteiger partial charge >= 0.3 is 0 Å². The highest BCUT2D eigenvalue weighted by molar-refractivity contribution is 8.00. The fraction of sp³-hybridized carbons (Fsp3) is 0.176. The van der Waals surface area contributed by atoms with Crippen molar-refractivity contribution in [2.75, 3.05) is 5.32 Å². The van der Waals surface area contributed by atoms with Gasteiger partial charge in [0.05, 0.1) is 28.7 Å². The zero-order valence-electron chi connectivity index (χ0n) is 13.5. The summed E-state index contributed by atoms with van der Waals surface area (Å²) in [6, 6.07) is 10.5. The molecule has 2 heterocycles. The fourth-order valence-corrected chi connectivity index (χ4v) is 2.77. The molecule has 0 aliphatic heterocycles. The molecule has 0 fully saturated rings. The number of hydrogen-bond acceptors (Lipinski definition) is 7. The molecular weight excluding hydrogens is 340 g/mol. The number of carbonyl (C=O) groups is 1. The van der Waals surface area contributed by atoms with E-state index in [2.05, 4.69) is 15.5 Å². The van der Waals surface area contributed by atoms with Crippen LogP contribution in [0.2, 0.25) is 0 Å². The maximum Gasteiger partial charge on any atom is 0.277 e. The van der Waals surface area contributed by atoms with Gasteiger partial charge in [-0.3, -0.25) is 4.79 Å². The first-order valence-corrected chi connectivity index (χ1v) is 8.30. The molecule has 3 aromatic rings. The van der Waals surface area contributed by atoms with Crippen LogP contribution in [0.15, 0.2) is 50.7 Å². The van der Waals surface area contributed by atoms with E-state index in [1.807, 2.05) is 6.07 Å². The molecule has 0 bridgehead atoms. The Morgan fingerprint density at radius 3 is 2.92 bits per heavy atom. The normalized spacial score (nSPS) is 11.7. The zero-order chi connectivity index (χ0) is 17.8. The van der Waals surface area contributed by atoms with Crippen molar-refractivity contribution >= 4 is 23.4 Å². The summed E-state index contributed by atoms with van der Waals surface area (Å²) in [6.45, 7) is 3.54. The minimum Gasteiger partial charge on any atom is -0.469 e. The van der Waals surface area contributed by atoms with Crippen molar-refractivity contribution in [3.63, 3.8) is 0 Å². The van der Waals surface area contributed by atoms with Crippen molar-refractivity contribution in [2.45, 2.75) is 24.3 Å². The first-order valence-electron chi connectivity index (χ1n) is 7.42. The second-order valence-electron chi connectivity index (χ2n) is 5.21. The van der Waals surface area contributed by atoms with Gasteiger partial charge < -0.3 is 14.2 Å². The summed E-state index contributed by atoms with van der Waals surface area (Å²) in [7, 11) is 0. The molecule has 1 atom stereocenters. The number of carbonyl (C=O) groups excluding carboxylic acids is 1. The van der Waals surface area contributed by atoms with Crippen LogP contribution in [0.25, 0.3) is 11.5 Å². The summed E-state index contributed by atoms with van der Waals surface area (Å²) < 4.78 is 10.8. The molecule has 2 aromatic heterocycles. The van der Waals surface area contributed by atoms with Crippen LogP contribution < -0.4 is 5.32 Å². The standard InChI is InChI=1S/C17H14N4O3S/c1-10-14(6-7-23-10)16-20-21-17(24-16)25-11(2)15(22)19-13-5-3-4-12(8-13)9-18/h3-8,11H,1-2H3,(H,19,22). The van der Waals surface area contributed by atoms with Gasteiger partial charge in [-0.2, -0.15) is 5.26 Å². The Balaban J connectivity index is 1.65. The van der Waals surface area contributed by atoms with Crippen LogP contribution in [0.3, 0.4) is 0 Å². The lowest BCUT2D eigenvalue weighted by molar-refractivity contribution is -0.115. The number of anilines is 1. The number of furan rings is 1. The Bertz CT molecular complexity index is 941. The van der Waals surface area contributed by atoms with Gasteiger partial charge in [-0.15, -0.1) is 10.2 Å². The number of hydrogen-bond donors (Lipinski definition) is 1. The number of nitrogens with one attached hydrogen (secondary N) is 1. The molecule has 0 aliphatic rings. The minimum absolute atomic E-state index is 0.223. The topological polar surface area (TPSA) is 105 Å². The Hall–Kier alpha value is -3.05. The number of aromatic nitrogens is 2. The van der Waals surface area contributed by atoms with Gasteiger partial charge in [-0.25, -0.2) is 0 Å². The molecule has 3 rings (SSSR count). The van der Waals surface area contributed by atoms with E-state index in [0.717, 1.165) is 17.3 Å². The number of nitriles is 1. The first kappa shape index (κ1) is 16.8. The van der Waals surface area contributed by atoms with E-state index in [0.29, 0.717) is 28.1 Å².